The number of carboxylic acid groups (broad SMARTS) is 1. The van der Waals surface area contributed by atoms with Gasteiger partial charge >= 0.3 is 5.97 Å². The van der Waals surface area contributed by atoms with Crippen LogP contribution in [0.5, 0.6) is 5.75 Å². The van der Waals surface area contributed by atoms with Gasteiger partial charge in [0, 0.05) is 19.4 Å². The molecule has 1 N–H and O–H groups in total. The van der Waals surface area contributed by atoms with Crippen molar-refractivity contribution in [3.63, 3.8) is 0 Å². The van der Waals surface area contributed by atoms with Gasteiger partial charge < -0.3 is 14.6 Å². The quantitative estimate of drug-likeness (QED) is 0.609. The molecule has 1 aliphatic carbocycles. The van der Waals surface area contributed by atoms with E-state index in [4.69, 9.17) is 26.2 Å². The Bertz CT molecular complexity index is 883. The molecule has 0 aliphatic heterocycles. The molecule has 154 valence electrons. The number of ether oxygens (including phenoxy) is 2. The first-order valence-electron chi connectivity index (χ1n) is 8.99. The molecule has 1 unspecified atom stereocenters. The molecular weight excluding hydrogens is 402 g/mol. The lowest BCUT2D eigenvalue weighted by molar-refractivity contribution is -0.149. The van der Waals surface area contributed by atoms with Gasteiger partial charge in [0.1, 0.15) is 18.2 Å². The fourth-order valence-corrected chi connectivity index (χ4v) is 2.84. The summed E-state index contributed by atoms with van der Waals surface area (Å²) in [7, 11) is 0. The van der Waals surface area contributed by atoms with E-state index in [1.54, 1.807) is 31.2 Å². The van der Waals surface area contributed by atoms with Gasteiger partial charge in [-0.3, -0.25) is 0 Å². The second-order valence-electron chi connectivity index (χ2n) is 6.25. The monoisotopic (exact) mass is 422 g/mol. The van der Waals surface area contributed by atoms with Gasteiger partial charge in [0.15, 0.2) is 11.8 Å². The maximum atomic E-state index is 14.2. The Balaban J connectivity index is 1.88. The number of halogens is 3. The Morgan fingerprint density at radius 1 is 1.48 bits per heavy atom. The number of hydrogen-bond acceptors (Lipinski definition) is 3. The van der Waals surface area contributed by atoms with Crippen LogP contribution < -0.4 is 4.74 Å². The van der Waals surface area contributed by atoms with Crippen LogP contribution in [0.4, 0.5) is 8.78 Å². The molecule has 1 aliphatic rings. The number of aliphatic carboxylic acids is 1. The number of allylic oxidation sites excluding steroid dienone is 5. The fraction of sp³-hybridized carbons (Fsp3) is 0.318. The maximum absolute atomic E-state index is 14.2. The van der Waals surface area contributed by atoms with Gasteiger partial charge in [0.25, 0.3) is 0 Å². The maximum Gasteiger partial charge on any atom is 0.333 e. The van der Waals surface area contributed by atoms with Crippen molar-refractivity contribution >= 4 is 17.6 Å². The molecular formula is C22H21ClF2O4. The number of hydrogen-bond donors (Lipinski definition) is 1. The van der Waals surface area contributed by atoms with Crippen LogP contribution in [0.15, 0.2) is 54.4 Å². The Morgan fingerprint density at radius 2 is 2.28 bits per heavy atom. The normalized spacial score (nSPS) is 19.4. The first kappa shape index (κ1) is 22.7. The fourth-order valence-electron chi connectivity index (χ4n) is 2.58. The third-order valence-corrected chi connectivity index (χ3v) is 4.24. The Kier molecular flexibility index (Phi) is 8.44. The van der Waals surface area contributed by atoms with E-state index in [0.717, 1.165) is 0 Å². The first-order chi connectivity index (χ1) is 13.8. The predicted molar refractivity (Wildman–Crippen MR) is 107 cm³/mol. The van der Waals surface area contributed by atoms with Gasteiger partial charge in [-0.15, -0.1) is 0 Å². The van der Waals surface area contributed by atoms with E-state index >= 15 is 0 Å². The minimum Gasteiger partial charge on any atom is -0.488 e. The summed E-state index contributed by atoms with van der Waals surface area (Å²) in [5.41, 5.74) is -1.29. The van der Waals surface area contributed by atoms with Crippen LogP contribution in [-0.2, 0) is 16.0 Å². The molecule has 0 bridgehead atoms. The van der Waals surface area contributed by atoms with Crippen molar-refractivity contribution < 1.29 is 28.2 Å². The van der Waals surface area contributed by atoms with Crippen LogP contribution in [0.3, 0.4) is 0 Å². The average Bonchev–Trinajstić information content (AvgIpc) is 2.65. The number of carbonyl (C=O) groups is 1. The van der Waals surface area contributed by atoms with E-state index < -0.39 is 30.0 Å². The summed E-state index contributed by atoms with van der Waals surface area (Å²) < 4.78 is 38.0. The molecule has 1 aromatic carbocycles. The van der Waals surface area contributed by atoms with Crippen molar-refractivity contribution in [3.05, 3.63) is 65.0 Å². The molecule has 2 atom stereocenters. The van der Waals surface area contributed by atoms with Crippen LogP contribution >= 0.6 is 11.6 Å². The van der Waals surface area contributed by atoms with E-state index in [1.165, 1.54) is 24.3 Å². The summed E-state index contributed by atoms with van der Waals surface area (Å²) in [4.78, 5) is 11.2. The van der Waals surface area contributed by atoms with E-state index in [9.17, 15) is 13.6 Å². The number of rotatable bonds is 8. The molecule has 0 heterocycles. The molecule has 1 aromatic rings. The highest BCUT2D eigenvalue weighted by Gasteiger charge is 2.27. The Morgan fingerprint density at radius 3 is 2.93 bits per heavy atom. The van der Waals surface area contributed by atoms with E-state index in [1.807, 2.05) is 0 Å². The van der Waals surface area contributed by atoms with Gasteiger partial charge in [-0.05, 0) is 48.9 Å². The van der Waals surface area contributed by atoms with E-state index in [0.29, 0.717) is 22.9 Å². The average molecular weight is 423 g/mol. The topological polar surface area (TPSA) is 55.8 Å². The van der Waals surface area contributed by atoms with Crippen molar-refractivity contribution in [1.29, 1.82) is 0 Å². The predicted octanol–water partition coefficient (Wildman–Crippen LogP) is 4.83. The van der Waals surface area contributed by atoms with Gasteiger partial charge in [-0.25, -0.2) is 13.6 Å². The largest absolute Gasteiger partial charge is 0.488 e. The second-order valence-corrected chi connectivity index (χ2v) is 6.65. The molecule has 0 amide bonds. The number of carboxylic acids is 1. The molecule has 29 heavy (non-hydrogen) atoms. The minimum atomic E-state index is -2.00. The SMILES string of the molecule is CCO[C@@H](Cc1ccc(OC/C=C/C#CC2(F)C=CC=C(F)C2)c(Cl)c1)C(=O)O. The van der Waals surface area contributed by atoms with Gasteiger partial charge in [0.05, 0.1) is 5.02 Å². The molecule has 0 fully saturated rings. The van der Waals surface area contributed by atoms with Crippen LogP contribution in [0.2, 0.25) is 5.02 Å². The van der Waals surface area contributed by atoms with Crippen molar-refractivity contribution in [1.82, 2.24) is 0 Å². The van der Waals surface area contributed by atoms with E-state index in [-0.39, 0.29) is 13.0 Å². The smallest absolute Gasteiger partial charge is 0.333 e. The summed E-state index contributed by atoms with van der Waals surface area (Å²) >= 11 is 6.18. The third-order valence-electron chi connectivity index (χ3n) is 3.94. The molecule has 0 spiro atoms. The standard InChI is InChI=1S/C22H21ClF2O4/c1-2-28-20(21(26)27)14-16-8-9-19(18(23)13-16)29-12-5-3-4-10-22(25)11-6-7-17(24)15-22/h3,5-9,11,13,20H,2,12,14-15H2,1H3,(H,26,27)/b5-3+/t20-,22?/m0/s1. The third kappa shape index (κ3) is 7.37. The lowest BCUT2D eigenvalue weighted by atomic mass is 9.97. The second kappa shape index (κ2) is 10.8. The summed E-state index contributed by atoms with van der Waals surface area (Å²) in [6.07, 6.45) is 5.58. The Labute approximate surface area is 173 Å². The summed E-state index contributed by atoms with van der Waals surface area (Å²) in [5.74, 6) is 3.74. The van der Waals surface area contributed by atoms with Crippen molar-refractivity contribution in [2.24, 2.45) is 0 Å². The molecule has 0 aromatic heterocycles. The highest BCUT2D eigenvalue weighted by atomic mass is 35.5. The van der Waals surface area contributed by atoms with Gasteiger partial charge in [-0.1, -0.05) is 35.6 Å². The van der Waals surface area contributed by atoms with Crippen LogP contribution in [0, 0.1) is 11.8 Å². The van der Waals surface area contributed by atoms with Crippen molar-refractivity contribution in [2.75, 3.05) is 13.2 Å². The minimum absolute atomic E-state index is 0.147. The van der Waals surface area contributed by atoms with Crippen molar-refractivity contribution in [3.8, 4) is 17.6 Å². The highest BCUT2D eigenvalue weighted by Crippen LogP contribution is 2.27. The number of benzene rings is 1. The van der Waals surface area contributed by atoms with Crippen LogP contribution in [0.1, 0.15) is 18.9 Å². The summed E-state index contributed by atoms with van der Waals surface area (Å²) in [5, 5.41) is 9.47. The molecule has 0 saturated carbocycles. The molecule has 2 rings (SSSR count). The molecule has 0 saturated heterocycles. The number of alkyl halides is 1. The zero-order valence-electron chi connectivity index (χ0n) is 15.8. The highest BCUT2D eigenvalue weighted by molar-refractivity contribution is 6.32. The van der Waals surface area contributed by atoms with Gasteiger partial charge in [-0.2, -0.15) is 0 Å². The summed E-state index contributed by atoms with van der Waals surface area (Å²) in [6.45, 7) is 2.17. The first-order valence-corrected chi connectivity index (χ1v) is 9.37. The summed E-state index contributed by atoms with van der Waals surface area (Å²) in [6, 6.07) is 4.98. The zero-order valence-corrected chi connectivity index (χ0v) is 16.6. The van der Waals surface area contributed by atoms with Crippen molar-refractivity contribution in [2.45, 2.75) is 31.5 Å². The van der Waals surface area contributed by atoms with Crippen LogP contribution in [0.25, 0.3) is 0 Å². The lowest BCUT2D eigenvalue weighted by Crippen LogP contribution is -2.26. The van der Waals surface area contributed by atoms with E-state index in [2.05, 4.69) is 11.8 Å². The van der Waals surface area contributed by atoms with Crippen LogP contribution in [-0.4, -0.2) is 36.1 Å². The molecule has 4 nitrogen and oxygen atoms in total. The lowest BCUT2D eigenvalue weighted by Gasteiger charge is -2.15. The molecule has 0 radical (unpaired) electrons. The Hall–Kier alpha value is -2.62. The van der Waals surface area contributed by atoms with Gasteiger partial charge in [0.2, 0.25) is 0 Å². The zero-order chi connectivity index (χ0) is 21.3. The molecule has 7 heteroatoms.